The summed E-state index contributed by atoms with van der Waals surface area (Å²) >= 11 is 1.96. The van der Waals surface area contributed by atoms with Gasteiger partial charge in [-0.15, -0.1) is 24.0 Å². The molecular weight excluding hydrogens is 411 g/mol. The highest BCUT2D eigenvalue weighted by molar-refractivity contribution is 14.0. The third-order valence-electron chi connectivity index (χ3n) is 3.37. The number of nitrogens with two attached hydrogens (primary N) is 1. The number of nitrogens with zero attached hydrogens (tertiary/aromatic N) is 4. The summed E-state index contributed by atoms with van der Waals surface area (Å²) in [5, 5.41) is 6.74. The smallest absolute Gasteiger partial charge is 0.191 e. The fourth-order valence-corrected chi connectivity index (χ4v) is 3.13. The minimum atomic E-state index is 0. The number of benzene rings is 1. The van der Waals surface area contributed by atoms with Crippen LogP contribution in [0.15, 0.2) is 35.6 Å². The number of H-pyrrole nitrogens is 1. The number of guanidine groups is 1. The van der Waals surface area contributed by atoms with Gasteiger partial charge in [0.15, 0.2) is 11.8 Å². The first-order chi connectivity index (χ1) is 10.3. The lowest BCUT2D eigenvalue weighted by Gasteiger charge is -2.27. The molecule has 3 rings (SSSR count). The van der Waals surface area contributed by atoms with E-state index in [-0.39, 0.29) is 24.0 Å². The average molecular weight is 430 g/mol. The standard InChI is InChI=1S/C14H18N6S.HI/c15-14(20-4-6-21-7-5-20)16-9-11-2-1-3-12(8-11)13-17-10-18-19-13;/h1-3,8,10H,4-7,9H2,(H2,15,16)(H,17,18,19);1H. The van der Waals surface area contributed by atoms with E-state index in [1.807, 2.05) is 30.0 Å². The summed E-state index contributed by atoms with van der Waals surface area (Å²) in [6.07, 6.45) is 1.51. The molecule has 0 bridgehead atoms. The molecule has 1 aromatic carbocycles. The van der Waals surface area contributed by atoms with E-state index in [2.05, 4.69) is 31.1 Å². The van der Waals surface area contributed by atoms with Crippen LogP contribution in [0.4, 0.5) is 0 Å². The third kappa shape index (κ3) is 4.35. The Hall–Kier alpha value is -1.29. The molecule has 1 fully saturated rings. The van der Waals surface area contributed by atoms with E-state index < -0.39 is 0 Å². The SMILES string of the molecule is I.NC(=NCc1cccc(-c2ncn[nH]2)c1)N1CCSCC1. The van der Waals surface area contributed by atoms with Gasteiger partial charge >= 0.3 is 0 Å². The first-order valence-electron chi connectivity index (χ1n) is 6.90. The number of hydrogen-bond donors (Lipinski definition) is 2. The molecule has 1 aliphatic rings. The minimum absolute atomic E-state index is 0. The molecule has 118 valence electrons. The van der Waals surface area contributed by atoms with Crippen molar-refractivity contribution in [3.8, 4) is 11.4 Å². The second-order valence-corrected chi connectivity index (χ2v) is 6.03. The molecule has 1 aromatic heterocycles. The van der Waals surface area contributed by atoms with Gasteiger partial charge in [-0.3, -0.25) is 5.10 Å². The molecule has 0 aliphatic carbocycles. The van der Waals surface area contributed by atoms with E-state index in [1.54, 1.807) is 0 Å². The second kappa shape index (κ2) is 8.37. The zero-order valence-corrected chi connectivity index (χ0v) is 15.3. The molecule has 2 heterocycles. The van der Waals surface area contributed by atoms with Crippen LogP contribution in [0.5, 0.6) is 0 Å². The molecular formula is C14H19IN6S. The maximum absolute atomic E-state index is 6.07. The Balaban J connectivity index is 0.00000176. The topological polar surface area (TPSA) is 83.2 Å². The first kappa shape index (κ1) is 17.1. The molecule has 1 aliphatic heterocycles. The fourth-order valence-electron chi connectivity index (χ4n) is 2.23. The van der Waals surface area contributed by atoms with Gasteiger partial charge in [0.1, 0.15) is 6.33 Å². The highest BCUT2D eigenvalue weighted by Crippen LogP contribution is 2.16. The molecule has 0 spiro atoms. The van der Waals surface area contributed by atoms with E-state index in [9.17, 15) is 0 Å². The molecule has 6 nitrogen and oxygen atoms in total. The van der Waals surface area contributed by atoms with Gasteiger partial charge in [0.25, 0.3) is 0 Å². The van der Waals surface area contributed by atoms with Crippen LogP contribution in [-0.2, 0) is 6.54 Å². The molecule has 0 unspecified atom stereocenters. The zero-order chi connectivity index (χ0) is 14.5. The Morgan fingerprint density at radius 3 is 2.91 bits per heavy atom. The van der Waals surface area contributed by atoms with Crippen LogP contribution in [-0.4, -0.2) is 50.6 Å². The van der Waals surface area contributed by atoms with Crippen molar-refractivity contribution in [2.75, 3.05) is 24.6 Å². The Morgan fingerprint density at radius 2 is 2.18 bits per heavy atom. The second-order valence-electron chi connectivity index (χ2n) is 4.81. The van der Waals surface area contributed by atoms with Crippen LogP contribution in [0.3, 0.4) is 0 Å². The van der Waals surface area contributed by atoms with Crippen LogP contribution in [0.2, 0.25) is 0 Å². The number of aliphatic imine (C=N–C) groups is 1. The largest absolute Gasteiger partial charge is 0.370 e. The zero-order valence-electron chi connectivity index (χ0n) is 12.1. The molecule has 2 aromatic rings. The highest BCUT2D eigenvalue weighted by atomic mass is 127. The van der Waals surface area contributed by atoms with Crippen LogP contribution >= 0.6 is 35.7 Å². The van der Waals surface area contributed by atoms with E-state index in [4.69, 9.17) is 5.73 Å². The molecule has 0 atom stereocenters. The van der Waals surface area contributed by atoms with Crippen LogP contribution in [0, 0.1) is 0 Å². The van der Waals surface area contributed by atoms with Gasteiger partial charge in [-0.2, -0.15) is 16.9 Å². The lowest BCUT2D eigenvalue weighted by atomic mass is 10.1. The average Bonchev–Trinajstić information content (AvgIpc) is 3.08. The molecule has 0 saturated carbocycles. The number of hydrogen-bond acceptors (Lipinski definition) is 4. The first-order valence-corrected chi connectivity index (χ1v) is 8.06. The van der Waals surface area contributed by atoms with Crippen molar-refractivity contribution in [3.63, 3.8) is 0 Å². The summed E-state index contributed by atoms with van der Waals surface area (Å²) in [5.41, 5.74) is 8.18. The summed E-state index contributed by atoms with van der Waals surface area (Å²) in [5.74, 6) is 3.65. The van der Waals surface area contributed by atoms with Gasteiger partial charge in [-0.25, -0.2) is 9.98 Å². The van der Waals surface area contributed by atoms with E-state index in [0.29, 0.717) is 12.5 Å². The van der Waals surface area contributed by atoms with E-state index in [1.165, 1.54) is 6.33 Å². The van der Waals surface area contributed by atoms with Crippen LogP contribution in [0.1, 0.15) is 5.56 Å². The van der Waals surface area contributed by atoms with E-state index in [0.717, 1.165) is 41.5 Å². The van der Waals surface area contributed by atoms with Crippen molar-refractivity contribution in [1.29, 1.82) is 0 Å². The summed E-state index contributed by atoms with van der Waals surface area (Å²) in [4.78, 5) is 10.8. The molecule has 3 N–H and O–H groups in total. The molecule has 1 saturated heterocycles. The summed E-state index contributed by atoms with van der Waals surface area (Å²) in [7, 11) is 0. The number of nitrogens with one attached hydrogen (secondary N) is 1. The van der Waals surface area contributed by atoms with E-state index >= 15 is 0 Å². The Kier molecular flexibility index (Phi) is 6.49. The number of thioether (sulfide) groups is 1. The number of rotatable bonds is 3. The lowest BCUT2D eigenvalue weighted by molar-refractivity contribution is 0.455. The molecule has 8 heteroatoms. The summed E-state index contributed by atoms with van der Waals surface area (Å²) in [6.45, 7) is 2.55. The van der Waals surface area contributed by atoms with Crippen molar-refractivity contribution in [3.05, 3.63) is 36.2 Å². The van der Waals surface area contributed by atoms with Gasteiger partial charge in [-0.05, 0) is 11.6 Å². The summed E-state index contributed by atoms with van der Waals surface area (Å²) in [6, 6.07) is 8.10. The summed E-state index contributed by atoms with van der Waals surface area (Å²) < 4.78 is 0. The van der Waals surface area contributed by atoms with Crippen molar-refractivity contribution in [1.82, 2.24) is 20.1 Å². The Morgan fingerprint density at radius 1 is 1.36 bits per heavy atom. The van der Waals surface area contributed by atoms with Gasteiger partial charge < -0.3 is 10.6 Å². The minimum Gasteiger partial charge on any atom is -0.370 e. The van der Waals surface area contributed by atoms with Gasteiger partial charge in [0.05, 0.1) is 6.54 Å². The van der Waals surface area contributed by atoms with Crippen LogP contribution in [0.25, 0.3) is 11.4 Å². The molecule has 0 radical (unpaired) electrons. The maximum Gasteiger partial charge on any atom is 0.191 e. The van der Waals surface area contributed by atoms with Crippen molar-refractivity contribution in [2.24, 2.45) is 10.7 Å². The number of halogens is 1. The van der Waals surface area contributed by atoms with Crippen LogP contribution < -0.4 is 5.73 Å². The van der Waals surface area contributed by atoms with Gasteiger partial charge in [0.2, 0.25) is 0 Å². The predicted octanol–water partition coefficient (Wildman–Crippen LogP) is 1.95. The Labute approximate surface area is 151 Å². The number of aromatic amines is 1. The third-order valence-corrected chi connectivity index (χ3v) is 4.32. The monoisotopic (exact) mass is 430 g/mol. The molecule has 22 heavy (non-hydrogen) atoms. The maximum atomic E-state index is 6.07. The van der Waals surface area contributed by atoms with Crippen molar-refractivity contribution < 1.29 is 0 Å². The lowest BCUT2D eigenvalue weighted by Crippen LogP contribution is -2.42. The van der Waals surface area contributed by atoms with Crippen molar-refractivity contribution in [2.45, 2.75) is 6.54 Å². The van der Waals surface area contributed by atoms with Gasteiger partial charge in [0, 0.05) is 30.2 Å². The molecule has 0 amide bonds. The Bertz CT molecular complexity index is 610. The number of aromatic nitrogens is 3. The fraction of sp³-hybridized carbons (Fsp3) is 0.357. The highest BCUT2D eigenvalue weighted by Gasteiger charge is 2.11. The predicted molar refractivity (Wildman–Crippen MR) is 101 cm³/mol. The normalized spacial score (nSPS) is 15.5. The van der Waals surface area contributed by atoms with Crippen molar-refractivity contribution >= 4 is 41.7 Å². The quantitative estimate of drug-likeness (QED) is 0.442. The van der Waals surface area contributed by atoms with Gasteiger partial charge in [-0.1, -0.05) is 18.2 Å².